The molecule has 0 saturated carbocycles. The molecule has 1 heteroatoms. The second-order valence-corrected chi connectivity index (χ2v) is 13.7. The van der Waals surface area contributed by atoms with Gasteiger partial charge in [-0.1, -0.05) is 98.3 Å². The van der Waals surface area contributed by atoms with Crippen molar-refractivity contribution in [2.24, 2.45) is 17.8 Å². The quantitative estimate of drug-likeness (QED) is 0.379. The highest BCUT2D eigenvalue weighted by atomic mass is 28.3. The Morgan fingerprint density at radius 1 is 0.526 bits per heavy atom. The van der Waals surface area contributed by atoms with E-state index in [1.165, 1.54) is 19.3 Å². The van der Waals surface area contributed by atoms with Crippen molar-refractivity contribution in [3.05, 3.63) is 0 Å². The van der Waals surface area contributed by atoms with Gasteiger partial charge in [0.2, 0.25) is 0 Å². The highest BCUT2D eigenvalue weighted by molar-refractivity contribution is 6.81. The van der Waals surface area contributed by atoms with Gasteiger partial charge in [-0.05, 0) is 17.8 Å². The Kier molecular flexibility index (Phi) is 9.31. The molecular formula is C18H40Si. The first kappa shape index (κ1) is 19.2. The molecular weight excluding hydrogens is 244 g/mol. The summed E-state index contributed by atoms with van der Waals surface area (Å²) in [6, 6.07) is 4.71. The van der Waals surface area contributed by atoms with Crippen molar-refractivity contribution >= 4 is 8.07 Å². The lowest BCUT2D eigenvalue weighted by molar-refractivity contribution is 0.577. The van der Waals surface area contributed by atoms with E-state index in [0.717, 1.165) is 23.3 Å². The van der Waals surface area contributed by atoms with Gasteiger partial charge in [0, 0.05) is 0 Å². The van der Waals surface area contributed by atoms with Crippen molar-refractivity contribution in [1.29, 1.82) is 0 Å². The molecule has 19 heavy (non-hydrogen) atoms. The summed E-state index contributed by atoms with van der Waals surface area (Å²) in [6.07, 6.45) is 4.38. The SMILES string of the molecule is CC(C)CC[Si](CCC(C)C)(CCC(C)C)C(C)C. The molecule has 0 radical (unpaired) electrons. The van der Waals surface area contributed by atoms with Gasteiger partial charge in [0.15, 0.2) is 0 Å². The molecule has 0 fully saturated rings. The maximum absolute atomic E-state index is 2.52. The zero-order chi connectivity index (χ0) is 15.1. The van der Waals surface area contributed by atoms with E-state index in [1.807, 2.05) is 0 Å². The zero-order valence-corrected chi connectivity index (χ0v) is 16.1. The van der Waals surface area contributed by atoms with Crippen LogP contribution in [0, 0.1) is 17.8 Å². The van der Waals surface area contributed by atoms with Crippen LogP contribution in [0.15, 0.2) is 0 Å². The van der Waals surface area contributed by atoms with E-state index in [2.05, 4.69) is 55.4 Å². The molecule has 0 amide bonds. The maximum Gasteiger partial charge on any atom is 0.0561 e. The van der Waals surface area contributed by atoms with E-state index < -0.39 is 8.07 Å². The standard InChI is InChI=1S/C18H40Si/c1-15(2)9-12-19(18(7)8,13-10-16(3)4)14-11-17(5)6/h15-18H,9-14H2,1-8H3. The monoisotopic (exact) mass is 284 g/mol. The number of hydrogen-bond acceptors (Lipinski definition) is 0. The third kappa shape index (κ3) is 8.17. The van der Waals surface area contributed by atoms with Crippen LogP contribution >= 0.6 is 0 Å². The van der Waals surface area contributed by atoms with Gasteiger partial charge in [0.05, 0.1) is 8.07 Å². The molecule has 0 aliphatic carbocycles. The molecule has 0 atom stereocenters. The predicted molar refractivity (Wildman–Crippen MR) is 93.6 cm³/mol. The zero-order valence-electron chi connectivity index (χ0n) is 15.1. The van der Waals surface area contributed by atoms with Crippen LogP contribution in [0.3, 0.4) is 0 Å². The van der Waals surface area contributed by atoms with Crippen LogP contribution in [0.5, 0.6) is 0 Å². The highest BCUT2D eigenvalue weighted by Gasteiger charge is 2.35. The van der Waals surface area contributed by atoms with Crippen molar-refractivity contribution in [1.82, 2.24) is 0 Å². The van der Waals surface area contributed by atoms with Gasteiger partial charge in [-0.15, -0.1) is 0 Å². The fourth-order valence-corrected chi connectivity index (χ4v) is 8.91. The molecule has 0 unspecified atom stereocenters. The molecule has 0 N–H and O–H groups in total. The van der Waals surface area contributed by atoms with Crippen molar-refractivity contribution in [2.75, 3.05) is 0 Å². The number of hydrogen-bond donors (Lipinski definition) is 0. The minimum Gasteiger partial charge on any atom is -0.0652 e. The predicted octanol–water partition coefficient (Wildman–Crippen LogP) is 6.98. The molecule has 0 aromatic heterocycles. The van der Waals surface area contributed by atoms with Crippen LogP contribution in [-0.2, 0) is 0 Å². The van der Waals surface area contributed by atoms with E-state index in [1.54, 1.807) is 18.1 Å². The lowest BCUT2D eigenvalue weighted by Gasteiger charge is -2.38. The van der Waals surface area contributed by atoms with Gasteiger partial charge >= 0.3 is 0 Å². The van der Waals surface area contributed by atoms with Crippen molar-refractivity contribution in [3.63, 3.8) is 0 Å². The Labute approximate surface area is 124 Å². The van der Waals surface area contributed by atoms with E-state index in [-0.39, 0.29) is 0 Å². The van der Waals surface area contributed by atoms with Crippen molar-refractivity contribution in [2.45, 2.75) is 98.3 Å². The average molecular weight is 285 g/mol. The summed E-state index contributed by atoms with van der Waals surface area (Å²) in [5.74, 6) is 2.64. The Hall–Kier alpha value is 0.217. The first-order chi connectivity index (χ1) is 8.69. The molecule has 0 spiro atoms. The van der Waals surface area contributed by atoms with Gasteiger partial charge in [-0.3, -0.25) is 0 Å². The molecule has 0 aliphatic rings. The molecule has 0 saturated heterocycles. The maximum atomic E-state index is 2.52. The van der Waals surface area contributed by atoms with Crippen LogP contribution in [0.4, 0.5) is 0 Å². The smallest absolute Gasteiger partial charge is 0.0561 e. The van der Waals surface area contributed by atoms with Gasteiger partial charge < -0.3 is 0 Å². The Balaban J connectivity index is 4.77. The molecule has 0 aromatic rings. The fourth-order valence-electron chi connectivity index (χ4n) is 2.97. The normalized spacial score (nSPS) is 13.3. The largest absolute Gasteiger partial charge is 0.0652 e. The minimum absolute atomic E-state index is 0.878. The van der Waals surface area contributed by atoms with Crippen LogP contribution in [0.2, 0.25) is 23.7 Å². The highest BCUT2D eigenvalue weighted by Crippen LogP contribution is 2.39. The first-order valence-corrected chi connectivity index (χ1v) is 11.4. The van der Waals surface area contributed by atoms with Crippen LogP contribution in [0.1, 0.15) is 74.7 Å². The summed E-state index contributed by atoms with van der Waals surface area (Å²) < 4.78 is 0. The molecule has 116 valence electrons. The second-order valence-electron chi connectivity index (χ2n) is 8.31. The summed E-state index contributed by atoms with van der Waals surface area (Å²) >= 11 is 0. The van der Waals surface area contributed by atoms with Crippen LogP contribution in [-0.4, -0.2) is 8.07 Å². The van der Waals surface area contributed by atoms with Crippen LogP contribution in [0.25, 0.3) is 0 Å². The number of rotatable bonds is 10. The third-order valence-corrected chi connectivity index (χ3v) is 11.2. The van der Waals surface area contributed by atoms with Gasteiger partial charge in [-0.25, -0.2) is 0 Å². The van der Waals surface area contributed by atoms with Gasteiger partial charge in [-0.2, -0.15) is 0 Å². The van der Waals surface area contributed by atoms with E-state index in [4.69, 9.17) is 0 Å². The summed E-state index contributed by atoms with van der Waals surface area (Å²) in [5, 5.41) is 0. The van der Waals surface area contributed by atoms with Gasteiger partial charge in [0.25, 0.3) is 0 Å². The van der Waals surface area contributed by atoms with Crippen molar-refractivity contribution < 1.29 is 0 Å². The Morgan fingerprint density at radius 2 is 0.789 bits per heavy atom. The average Bonchev–Trinajstić information content (AvgIpc) is 2.27. The molecule has 0 aliphatic heterocycles. The molecule has 0 rings (SSSR count). The Morgan fingerprint density at radius 3 is 0.947 bits per heavy atom. The molecule has 0 aromatic carbocycles. The summed E-state index contributed by atoms with van der Waals surface area (Å²) in [5.41, 5.74) is 0.962. The lowest BCUT2D eigenvalue weighted by atomic mass is 10.1. The molecule has 0 bridgehead atoms. The second kappa shape index (κ2) is 9.21. The minimum atomic E-state index is -1.06. The van der Waals surface area contributed by atoms with E-state index in [9.17, 15) is 0 Å². The molecule has 0 nitrogen and oxygen atoms in total. The summed E-state index contributed by atoms with van der Waals surface area (Å²) in [4.78, 5) is 0. The van der Waals surface area contributed by atoms with Gasteiger partial charge in [0.1, 0.15) is 0 Å². The Bertz CT molecular complexity index is 184. The first-order valence-electron chi connectivity index (χ1n) is 8.69. The van der Waals surface area contributed by atoms with E-state index >= 15 is 0 Å². The fraction of sp³-hybridized carbons (Fsp3) is 1.00. The molecule has 0 heterocycles. The van der Waals surface area contributed by atoms with E-state index in [0.29, 0.717) is 0 Å². The summed E-state index contributed by atoms with van der Waals surface area (Å²) in [6.45, 7) is 19.4. The third-order valence-electron chi connectivity index (χ3n) is 4.88. The lowest BCUT2D eigenvalue weighted by Crippen LogP contribution is -2.38. The summed E-state index contributed by atoms with van der Waals surface area (Å²) in [7, 11) is -1.06. The van der Waals surface area contributed by atoms with Crippen LogP contribution < -0.4 is 0 Å². The van der Waals surface area contributed by atoms with Crippen molar-refractivity contribution in [3.8, 4) is 0 Å². The topological polar surface area (TPSA) is 0 Å².